The van der Waals surface area contributed by atoms with Crippen LogP contribution in [0.4, 0.5) is 4.79 Å². The van der Waals surface area contributed by atoms with Crippen LogP contribution in [0.2, 0.25) is 0 Å². The number of hydrogen-bond acceptors (Lipinski definition) is 10. The zero-order valence-corrected chi connectivity index (χ0v) is 29.1. The summed E-state index contributed by atoms with van der Waals surface area (Å²) in [4.78, 5) is 52.7. The largest absolute Gasteiger partial charge is 0.508 e. The topological polar surface area (TPSA) is 173 Å². The molecule has 12 nitrogen and oxygen atoms in total. The van der Waals surface area contributed by atoms with E-state index in [2.05, 4.69) is 10.6 Å². The van der Waals surface area contributed by atoms with Crippen molar-refractivity contribution in [3.63, 3.8) is 0 Å². The fourth-order valence-electron chi connectivity index (χ4n) is 6.63. The van der Waals surface area contributed by atoms with Crippen molar-refractivity contribution in [2.75, 3.05) is 13.7 Å². The molecule has 4 atom stereocenters. The van der Waals surface area contributed by atoms with E-state index in [0.717, 1.165) is 24.8 Å². The van der Waals surface area contributed by atoms with Gasteiger partial charge in [0.25, 0.3) is 5.91 Å². The van der Waals surface area contributed by atoms with Crippen LogP contribution in [0.15, 0.2) is 33.6 Å². The SMILES string of the molecule is COc1cc(O)cc(-c2cc(CCCNC(=O)[C@H](CC(N)=O)NC(=O)OC(C)(C)C)c(/C=C3\SC(=S)N(C4CC5CCC4C5)C3=O)o2)c1. The lowest BCUT2D eigenvalue weighted by molar-refractivity contribution is -0.127. The first-order valence-corrected chi connectivity index (χ1v) is 17.3. The number of nitrogens with two attached hydrogens (primary N) is 1. The van der Waals surface area contributed by atoms with Crippen LogP contribution >= 0.6 is 24.0 Å². The molecule has 2 aliphatic carbocycles. The first-order chi connectivity index (χ1) is 22.7. The zero-order chi connectivity index (χ0) is 34.7. The summed E-state index contributed by atoms with van der Waals surface area (Å²) >= 11 is 6.95. The van der Waals surface area contributed by atoms with Crippen molar-refractivity contribution in [3.8, 4) is 22.8 Å². The van der Waals surface area contributed by atoms with Gasteiger partial charge in [0.05, 0.1) is 18.4 Å². The number of phenols is 1. The number of furan rings is 1. The summed E-state index contributed by atoms with van der Waals surface area (Å²) in [5.74, 6) is 1.07. The number of nitrogens with zero attached hydrogens (tertiary/aromatic N) is 1. The summed E-state index contributed by atoms with van der Waals surface area (Å²) in [6, 6.07) is 5.55. The van der Waals surface area contributed by atoms with Gasteiger partial charge in [-0.05, 0) is 88.5 Å². The molecule has 3 fully saturated rings. The summed E-state index contributed by atoms with van der Waals surface area (Å²) in [6.45, 7) is 5.25. The summed E-state index contributed by atoms with van der Waals surface area (Å²) in [6.07, 6.45) is 5.86. The predicted molar refractivity (Wildman–Crippen MR) is 185 cm³/mol. The quantitative estimate of drug-likeness (QED) is 0.136. The molecule has 2 bridgehead atoms. The Kier molecular flexibility index (Phi) is 10.7. The number of carbonyl (C=O) groups excluding carboxylic acids is 4. The Morgan fingerprint density at radius 3 is 2.62 bits per heavy atom. The number of hydrogen-bond donors (Lipinski definition) is 4. The van der Waals surface area contributed by atoms with Gasteiger partial charge < -0.3 is 35.4 Å². The van der Waals surface area contributed by atoms with Crippen LogP contribution in [0.3, 0.4) is 0 Å². The minimum absolute atomic E-state index is 0.00352. The first kappa shape index (κ1) is 35.3. The number of ether oxygens (including phenoxy) is 2. The number of primary amides is 1. The van der Waals surface area contributed by atoms with Crippen molar-refractivity contribution in [1.29, 1.82) is 0 Å². The highest BCUT2D eigenvalue weighted by molar-refractivity contribution is 8.26. The smallest absolute Gasteiger partial charge is 0.408 e. The van der Waals surface area contributed by atoms with Crippen molar-refractivity contribution in [2.45, 2.75) is 83.4 Å². The van der Waals surface area contributed by atoms with E-state index in [1.807, 2.05) is 6.07 Å². The molecule has 0 radical (unpaired) electrons. The molecule has 3 aliphatic rings. The van der Waals surface area contributed by atoms with E-state index in [0.29, 0.717) is 56.7 Å². The monoisotopic (exact) mass is 698 g/mol. The molecule has 5 rings (SSSR count). The second-order valence-electron chi connectivity index (χ2n) is 13.5. The molecule has 1 aliphatic heterocycles. The Morgan fingerprint density at radius 1 is 1.21 bits per heavy atom. The van der Waals surface area contributed by atoms with Gasteiger partial charge in [-0.25, -0.2) is 4.79 Å². The number of thiocarbonyl (C=S) groups is 1. The number of methoxy groups -OCH3 is 1. The fourth-order valence-corrected chi connectivity index (χ4v) is 7.98. The Morgan fingerprint density at radius 2 is 1.98 bits per heavy atom. The molecule has 0 spiro atoms. The summed E-state index contributed by atoms with van der Waals surface area (Å²) in [5.41, 5.74) is 5.88. The molecule has 48 heavy (non-hydrogen) atoms. The molecule has 5 N–H and O–H groups in total. The normalized spacial score (nSPS) is 21.9. The molecular formula is C34H42N4O8S2. The van der Waals surface area contributed by atoms with Gasteiger partial charge >= 0.3 is 6.09 Å². The van der Waals surface area contributed by atoms with Gasteiger partial charge in [0.2, 0.25) is 11.8 Å². The highest BCUT2D eigenvalue weighted by atomic mass is 32.2. The molecule has 258 valence electrons. The average molecular weight is 699 g/mol. The van der Waals surface area contributed by atoms with Crippen molar-refractivity contribution < 1.29 is 38.2 Å². The standard InChI is InChI=1S/C34H42N4O8S2/c1-34(2,3)46-32(43)37-24(16-29(35)40)30(41)36-9-5-6-20-14-26(21-12-22(39)15-23(13-21)44-4)45-27(20)17-28-31(42)38(33(47)48-28)25-11-18-7-8-19(25)10-18/h12-15,17-19,24-25,39H,5-11,16H2,1-4H3,(H2,35,40)(H,36,41)(H,37,43)/b28-17-/t18?,19?,24-,25?/m0/s1. The maximum Gasteiger partial charge on any atom is 0.408 e. The Labute approximate surface area is 289 Å². The zero-order valence-electron chi connectivity index (χ0n) is 27.5. The number of aryl methyl sites for hydroxylation is 1. The molecule has 2 saturated carbocycles. The van der Waals surface area contributed by atoms with Gasteiger partial charge in [0.1, 0.15) is 39.0 Å². The van der Waals surface area contributed by atoms with E-state index in [9.17, 15) is 24.3 Å². The van der Waals surface area contributed by atoms with E-state index in [-0.39, 0.29) is 24.2 Å². The fraction of sp³-hybridized carbons (Fsp3) is 0.500. The lowest BCUT2D eigenvalue weighted by Crippen LogP contribution is -2.50. The van der Waals surface area contributed by atoms with Gasteiger partial charge in [-0.2, -0.15) is 0 Å². The van der Waals surface area contributed by atoms with Crippen LogP contribution in [0.5, 0.6) is 11.5 Å². The van der Waals surface area contributed by atoms with Crippen LogP contribution in [0, 0.1) is 11.8 Å². The molecular weight excluding hydrogens is 657 g/mol. The van der Waals surface area contributed by atoms with Gasteiger partial charge in [-0.1, -0.05) is 30.4 Å². The van der Waals surface area contributed by atoms with Crippen LogP contribution in [-0.4, -0.2) is 69.5 Å². The molecule has 2 heterocycles. The van der Waals surface area contributed by atoms with Crippen molar-refractivity contribution >= 4 is 58.2 Å². The minimum atomic E-state index is -1.20. The van der Waals surface area contributed by atoms with Gasteiger partial charge in [0, 0.05) is 30.3 Å². The third kappa shape index (κ3) is 8.51. The van der Waals surface area contributed by atoms with E-state index >= 15 is 0 Å². The van der Waals surface area contributed by atoms with E-state index in [1.54, 1.807) is 43.9 Å². The van der Waals surface area contributed by atoms with Gasteiger partial charge in [-0.15, -0.1) is 0 Å². The Hall–Kier alpha value is -4.04. The van der Waals surface area contributed by atoms with Crippen molar-refractivity contribution in [3.05, 3.63) is 40.5 Å². The third-order valence-electron chi connectivity index (χ3n) is 8.71. The number of benzene rings is 1. The van der Waals surface area contributed by atoms with Gasteiger partial charge in [0.15, 0.2) is 0 Å². The number of phenolic OH excluding ortho intramolecular Hbond substituents is 1. The van der Waals surface area contributed by atoms with Crippen LogP contribution in [0.1, 0.15) is 70.6 Å². The minimum Gasteiger partial charge on any atom is -0.508 e. The lowest BCUT2D eigenvalue weighted by atomic mass is 9.94. The average Bonchev–Trinajstić information content (AvgIpc) is 3.78. The predicted octanol–water partition coefficient (Wildman–Crippen LogP) is 4.87. The maximum absolute atomic E-state index is 13.7. The highest BCUT2D eigenvalue weighted by Gasteiger charge is 2.48. The second kappa shape index (κ2) is 14.6. The van der Waals surface area contributed by atoms with Crippen LogP contribution < -0.4 is 21.1 Å². The number of nitrogens with one attached hydrogen (secondary N) is 2. The second-order valence-corrected chi connectivity index (χ2v) is 15.2. The molecule has 1 aromatic heterocycles. The van der Waals surface area contributed by atoms with E-state index in [4.69, 9.17) is 31.8 Å². The molecule has 1 aromatic carbocycles. The van der Waals surface area contributed by atoms with Crippen molar-refractivity contribution in [2.24, 2.45) is 17.6 Å². The third-order valence-corrected chi connectivity index (χ3v) is 10.0. The number of carbonyl (C=O) groups is 4. The maximum atomic E-state index is 13.7. The molecule has 2 aromatic rings. The number of aromatic hydroxyl groups is 1. The summed E-state index contributed by atoms with van der Waals surface area (Å²) in [5, 5.41) is 15.4. The first-order valence-electron chi connectivity index (χ1n) is 16.0. The molecule has 3 unspecified atom stereocenters. The van der Waals surface area contributed by atoms with E-state index in [1.165, 1.54) is 31.4 Å². The van der Waals surface area contributed by atoms with Gasteiger partial charge in [-0.3, -0.25) is 19.3 Å². The number of fused-ring (bicyclic) bond motifs is 2. The highest BCUT2D eigenvalue weighted by Crippen LogP contribution is 2.49. The Bertz CT molecular complexity index is 1630. The number of thioether (sulfide) groups is 1. The molecule has 14 heteroatoms. The summed E-state index contributed by atoms with van der Waals surface area (Å²) in [7, 11) is 1.50. The molecule has 4 amide bonds. The van der Waals surface area contributed by atoms with Crippen LogP contribution in [0.25, 0.3) is 17.4 Å². The van der Waals surface area contributed by atoms with Crippen LogP contribution in [-0.2, 0) is 25.5 Å². The van der Waals surface area contributed by atoms with Crippen molar-refractivity contribution in [1.82, 2.24) is 15.5 Å². The molecule has 1 saturated heterocycles. The lowest BCUT2D eigenvalue weighted by Gasteiger charge is -2.30. The Balaban J connectivity index is 1.32. The van der Waals surface area contributed by atoms with E-state index < -0.39 is 36.0 Å². The number of rotatable bonds is 12. The summed E-state index contributed by atoms with van der Waals surface area (Å²) < 4.78 is 17.4. The number of amides is 4. The number of alkyl carbamates (subject to hydrolysis) is 1.